The molecule has 6 heteroatoms. The molecular weight excluding hydrogens is 324 g/mol. The number of benzene rings is 2. The fraction of sp³-hybridized carbons (Fsp3) is 0.278. The number of carbonyl (C=O) groups is 1. The van der Waals surface area contributed by atoms with Gasteiger partial charge in [0.2, 0.25) is 0 Å². The summed E-state index contributed by atoms with van der Waals surface area (Å²) < 4.78 is 27.0. The summed E-state index contributed by atoms with van der Waals surface area (Å²) in [7, 11) is -3.62. The highest BCUT2D eigenvalue weighted by atomic mass is 32.2. The van der Waals surface area contributed by atoms with Gasteiger partial charge in [-0.3, -0.25) is 9.52 Å². The lowest BCUT2D eigenvalue weighted by molar-refractivity contribution is 0.0935. The Morgan fingerprint density at radius 1 is 0.958 bits per heavy atom. The van der Waals surface area contributed by atoms with E-state index in [2.05, 4.69) is 10.0 Å². The second-order valence-corrected chi connectivity index (χ2v) is 7.17. The molecule has 24 heavy (non-hydrogen) atoms. The van der Waals surface area contributed by atoms with Crippen LogP contribution in [0, 0.1) is 0 Å². The zero-order valence-corrected chi connectivity index (χ0v) is 14.6. The predicted molar refractivity (Wildman–Crippen MR) is 95.5 cm³/mol. The zero-order valence-electron chi connectivity index (χ0n) is 13.8. The second kappa shape index (κ2) is 7.97. The number of carbonyl (C=O) groups excluding carboxylic acids is 1. The van der Waals surface area contributed by atoms with E-state index in [1.807, 2.05) is 13.8 Å². The van der Waals surface area contributed by atoms with Crippen molar-refractivity contribution in [3.8, 4) is 0 Å². The highest BCUT2D eigenvalue weighted by Crippen LogP contribution is 2.16. The van der Waals surface area contributed by atoms with Crippen molar-refractivity contribution >= 4 is 21.6 Å². The molecule has 5 nitrogen and oxygen atoms in total. The fourth-order valence-corrected chi connectivity index (χ4v) is 3.34. The molecule has 0 atom stereocenters. The third-order valence-electron chi connectivity index (χ3n) is 3.77. The molecule has 0 bridgehead atoms. The van der Waals surface area contributed by atoms with Gasteiger partial charge in [-0.2, -0.15) is 0 Å². The van der Waals surface area contributed by atoms with E-state index in [9.17, 15) is 13.2 Å². The molecule has 0 spiro atoms. The summed E-state index contributed by atoms with van der Waals surface area (Å²) in [6, 6.07) is 14.7. The number of nitrogens with one attached hydrogen (secondary N) is 2. The van der Waals surface area contributed by atoms with Gasteiger partial charge >= 0.3 is 0 Å². The van der Waals surface area contributed by atoms with E-state index < -0.39 is 10.0 Å². The molecule has 1 amide bonds. The molecule has 2 aromatic carbocycles. The Labute approximate surface area is 143 Å². The largest absolute Gasteiger partial charge is 0.349 e. The van der Waals surface area contributed by atoms with Crippen LogP contribution in [0.1, 0.15) is 37.0 Å². The summed E-state index contributed by atoms with van der Waals surface area (Å²) in [5, 5.41) is 2.95. The van der Waals surface area contributed by atoms with E-state index in [-0.39, 0.29) is 16.8 Å². The van der Waals surface area contributed by atoms with Crippen molar-refractivity contribution in [1.29, 1.82) is 0 Å². The van der Waals surface area contributed by atoms with Crippen LogP contribution in [0.5, 0.6) is 0 Å². The van der Waals surface area contributed by atoms with Gasteiger partial charge in [0, 0.05) is 17.3 Å². The summed E-state index contributed by atoms with van der Waals surface area (Å²) >= 11 is 0. The average Bonchev–Trinajstić information content (AvgIpc) is 2.60. The molecule has 0 aliphatic carbocycles. The van der Waals surface area contributed by atoms with E-state index in [1.54, 1.807) is 42.5 Å². The zero-order chi connectivity index (χ0) is 17.6. The fourth-order valence-electron chi connectivity index (χ4n) is 2.26. The lowest BCUT2D eigenvalue weighted by Gasteiger charge is -2.15. The Balaban J connectivity index is 2.08. The number of rotatable bonds is 7. The van der Waals surface area contributed by atoms with E-state index >= 15 is 0 Å². The van der Waals surface area contributed by atoms with Gasteiger partial charge in [-0.05, 0) is 49.2 Å². The lowest BCUT2D eigenvalue weighted by atomic mass is 10.1. The molecular formula is C18H22N2O3S. The van der Waals surface area contributed by atoms with Crippen molar-refractivity contribution in [2.75, 3.05) is 4.72 Å². The van der Waals surface area contributed by atoms with Gasteiger partial charge in [0.1, 0.15) is 0 Å². The maximum atomic E-state index is 12.3. The summed E-state index contributed by atoms with van der Waals surface area (Å²) in [5.41, 5.74) is 0.919. The molecule has 2 rings (SSSR count). The molecule has 0 unspecified atom stereocenters. The molecule has 0 saturated heterocycles. The van der Waals surface area contributed by atoms with Crippen LogP contribution in [0.2, 0.25) is 0 Å². The first-order valence-corrected chi connectivity index (χ1v) is 9.43. The normalized spacial score (nSPS) is 11.3. The molecule has 0 heterocycles. The van der Waals surface area contributed by atoms with Crippen molar-refractivity contribution in [1.82, 2.24) is 5.32 Å². The molecule has 0 fully saturated rings. The second-order valence-electron chi connectivity index (χ2n) is 5.48. The van der Waals surface area contributed by atoms with Crippen LogP contribution < -0.4 is 10.0 Å². The van der Waals surface area contributed by atoms with Gasteiger partial charge in [0.05, 0.1) is 4.90 Å². The van der Waals surface area contributed by atoms with Gasteiger partial charge < -0.3 is 5.32 Å². The predicted octanol–water partition coefficient (Wildman–Crippen LogP) is 3.41. The first-order valence-electron chi connectivity index (χ1n) is 7.95. The molecule has 0 aliphatic heterocycles. The number of hydrogen-bond acceptors (Lipinski definition) is 3. The van der Waals surface area contributed by atoms with E-state index in [4.69, 9.17) is 0 Å². The summed E-state index contributed by atoms with van der Waals surface area (Å²) in [5.74, 6) is -0.152. The van der Waals surface area contributed by atoms with Crippen molar-refractivity contribution in [3.05, 3.63) is 60.2 Å². The van der Waals surface area contributed by atoms with Crippen LogP contribution in [0.4, 0.5) is 5.69 Å². The third kappa shape index (κ3) is 4.58. The lowest BCUT2D eigenvalue weighted by Crippen LogP contribution is -2.33. The van der Waals surface area contributed by atoms with Gasteiger partial charge in [-0.25, -0.2) is 8.42 Å². The van der Waals surface area contributed by atoms with Crippen molar-refractivity contribution < 1.29 is 13.2 Å². The Morgan fingerprint density at radius 2 is 1.54 bits per heavy atom. The molecule has 0 aromatic heterocycles. The topological polar surface area (TPSA) is 75.3 Å². The quantitative estimate of drug-likeness (QED) is 0.807. The first kappa shape index (κ1) is 18.0. The molecule has 0 radical (unpaired) electrons. The minimum Gasteiger partial charge on any atom is -0.349 e. The van der Waals surface area contributed by atoms with E-state index in [0.29, 0.717) is 11.3 Å². The van der Waals surface area contributed by atoms with Crippen LogP contribution in [-0.2, 0) is 10.0 Å². The smallest absolute Gasteiger partial charge is 0.261 e. The maximum absolute atomic E-state index is 12.3. The van der Waals surface area contributed by atoms with Crippen LogP contribution in [0.25, 0.3) is 0 Å². The van der Waals surface area contributed by atoms with Crippen LogP contribution in [-0.4, -0.2) is 20.4 Å². The van der Waals surface area contributed by atoms with Gasteiger partial charge in [-0.1, -0.05) is 32.0 Å². The molecule has 2 N–H and O–H groups in total. The van der Waals surface area contributed by atoms with Gasteiger partial charge in [-0.15, -0.1) is 0 Å². The van der Waals surface area contributed by atoms with Crippen molar-refractivity contribution in [2.45, 2.75) is 37.6 Å². The highest BCUT2D eigenvalue weighted by molar-refractivity contribution is 7.92. The molecule has 0 aliphatic rings. The molecule has 128 valence electrons. The van der Waals surface area contributed by atoms with E-state index in [1.165, 1.54) is 12.1 Å². The number of hydrogen-bond donors (Lipinski definition) is 2. The number of anilines is 1. The van der Waals surface area contributed by atoms with E-state index in [0.717, 1.165) is 12.8 Å². The van der Waals surface area contributed by atoms with Crippen LogP contribution in [0.3, 0.4) is 0 Å². The SMILES string of the molecule is CCC(CC)NC(=O)c1ccc(NS(=O)(=O)c2ccccc2)cc1. The standard InChI is InChI=1S/C18H22N2O3S/c1-3-15(4-2)19-18(21)14-10-12-16(13-11-14)20-24(22,23)17-8-6-5-7-9-17/h5-13,15,20H,3-4H2,1-2H3,(H,19,21). The molecule has 2 aromatic rings. The minimum absolute atomic E-state index is 0.147. The van der Waals surface area contributed by atoms with Crippen molar-refractivity contribution in [3.63, 3.8) is 0 Å². The minimum atomic E-state index is -3.62. The third-order valence-corrected chi connectivity index (χ3v) is 5.17. The Bertz CT molecular complexity index is 768. The highest BCUT2D eigenvalue weighted by Gasteiger charge is 2.14. The molecule has 0 saturated carbocycles. The van der Waals surface area contributed by atoms with Crippen LogP contribution >= 0.6 is 0 Å². The Kier molecular flexibility index (Phi) is 5.98. The monoisotopic (exact) mass is 346 g/mol. The Morgan fingerprint density at radius 3 is 2.08 bits per heavy atom. The summed E-state index contributed by atoms with van der Waals surface area (Å²) in [4.78, 5) is 12.3. The summed E-state index contributed by atoms with van der Waals surface area (Å²) in [6.07, 6.45) is 1.74. The van der Waals surface area contributed by atoms with Crippen LogP contribution in [0.15, 0.2) is 59.5 Å². The Hall–Kier alpha value is -2.34. The number of sulfonamides is 1. The first-order chi connectivity index (χ1) is 11.5. The summed E-state index contributed by atoms with van der Waals surface area (Å²) in [6.45, 7) is 4.05. The maximum Gasteiger partial charge on any atom is 0.261 e. The van der Waals surface area contributed by atoms with Crippen molar-refractivity contribution in [2.24, 2.45) is 0 Å². The average molecular weight is 346 g/mol. The number of amides is 1. The van der Waals surface area contributed by atoms with Gasteiger partial charge in [0.15, 0.2) is 0 Å². The van der Waals surface area contributed by atoms with Gasteiger partial charge in [0.25, 0.3) is 15.9 Å².